The van der Waals surface area contributed by atoms with Crippen molar-refractivity contribution < 1.29 is 23.5 Å². The molecule has 2 heterocycles. The Labute approximate surface area is 176 Å². The summed E-state index contributed by atoms with van der Waals surface area (Å²) in [5.74, 6) is 3.26. The molecule has 0 radical (unpaired) electrons. The van der Waals surface area contributed by atoms with Gasteiger partial charge in [-0.05, 0) is 50.4 Å². The van der Waals surface area contributed by atoms with Crippen LogP contribution in [-0.4, -0.2) is 61.9 Å². The van der Waals surface area contributed by atoms with E-state index in [0.717, 1.165) is 38.9 Å². The van der Waals surface area contributed by atoms with E-state index >= 15 is 0 Å². The highest BCUT2D eigenvalue weighted by atomic mass is 16.5. The minimum atomic E-state index is 0.0331. The van der Waals surface area contributed by atoms with Crippen LogP contribution >= 0.6 is 0 Å². The summed E-state index contributed by atoms with van der Waals surface area (Å²) in [5.41, 5.74) is 0.682. The van der Waals surface area contributed by atoms with Gasteiger partial charge in [-0.25, -0.2) is 0 Å². The third-order valence-electron chi connectivity index (χ3n) is 5.41. The van der Waals surface area contributed by atoms with E-state index in [1.807, 2.05) is 6.07 Å². The maximum absolute atomic E-state index is 11.0. The fourth-order valence-corrected chi connectivity index (χ4v) is 3.78. The molecule has 9 heteroatoms. The smallest absolute Gasteiger partial charge is 0.241 e. The van der Waals surface area contributed by atoms with E-state index < -0.39 is 0 Å². The standard InChI is InChI=1S/C21H30N4O5/c1-14(26)22-10-7-15-8-11-25(12-9-15)13-18-23-21(24-30-18)16-5-6-17(27-2)20(29-4)19(16)28-3/h5-6,15H,7-13H2,1-4H3,(H,22,26). The first-order valence-corrected chi connectivity index (χ1v) is 10.1. The molecule has 1 N–H and O–H groups in total. The molecule has 1 fully saturated rings. The first kappa shape index (κ1) is 21.9. The molecule has 1 aliphatic heterocycles. The molecule has 1 aromatic carbocycles. The topological polar surface area (TPSA) is 99.0 Å². The van der Waals surface area contributed by atoms with Crippen LogP contribution in [0.3, 0.4) is 0 Å². The molecule has 3 rings (SSSR count). The fourth-order valence-electron chi connectivity index (χ4n) is 3.78. The summed E-state index contributed by atoms with van der Waals surface area (Å²) in [7, 11) is 4.70. The van der Waals surface area contributed by atoms with Gasteiger partial charge < -0.3 is 24.1 Å². The van der Waals surface area contributed by atoms with Gasteiger partial charge in [-0.2, -0.15) is 4.98 Å². The van der Waals surface area contributed by atoms with E-state index in [1.165, 1.54) is 0 Å². The Morgan fingerprint density at radius 1 is 1.17 bits per heavy atom. The molecule has 9 nitrogen and oxygen atoms in total. The van der Waals surface area contributed by atoms with Crippen LogP contribution in [0.1, 0.15) is 32.1 Å². The van der Waals surface area contributed by atoms with Crippen LogP contribution in [0.15, 0.2) is 16.7 Å². The number of methoxy groups -OCH3 is 3. The molecule has 0 spiro atoms. The van der Waals surface area contributed by atoms with Crippen LogP contribution < -0.4 is 19.5 Å². The number of piperidine rings is 1. The number of carbonyl (C=O) groups is 1. The number of ether oxygens (including phenoxy) is 3. The second-order valence-electron chi connectivity index (χ2n) is 7.38. The number of amides is 1. The molecular weight excluding hydrogens is 388 g/mol. The lowest BCUT2D eigenvalue weighted by molar-refractivity contribution is -0.119. The minimum Gasteiger partial charge on any atom is -0.493 e. The average molecular weight is 418 g/mol. The summed E-state index contributed by atoms with van der Waals surface area (Å²) in [6, 6.07) is 3.62. The number of nitrogens with one attached hydrogen (secondary N) is 1. The molecule has 2 aromatic rings. The van der Waals surface area contributed by atoms with Crippen LogP contribution in [0.5, 0.6) is 17.2 Å². The Kier molecular flexibility index (Phi) is 7.51. The van der Waals surface area contributed by atoms with Gasteiger partial charge in [0.2, 0.25) is 23.4 Å². The summed E-state index contributed by atoms with van der Waals surface area (Å²) >= 11 is 0. The molecule has 1 saturated heterocycles. The predicted octanol–water partition coefficient (Wildman–Crippen LogP) is 2.50. The van der Waals surface area contributed by atoms with Gasteiger partial charge in [0.05, 0.1) is 33.4 Å². The average Bonchev–Trinajstić information content (AvgIpc) is 3.21. The summed E-state index contributed by atoms with van der Waals surface area (Å²) in [6.07, 6.45) is 3.23. The number of likely N-dealkylation sites (tertiary alicyclic amines) is 1. The number of benzene rings is 1. The summed E-state index contributed by atoms with van der Waals surface area (Å²) < 4.78 is 21.8. The zero-order valence-electron chi connectivity index (χ0n) is 18.1. The maximum atomic E-state index is 11.0. The highest BCUT2D eigenvalue weighted by Gasteiger charge is 2.23. The Balaban J connectivity index is 1.61. The number of nitrogens with zero attached hydrogens (tertiary/aromatic N) is 3. The van der Waals surface area contributed by atoms with Gasteiger partial charge in [0.25, 0.3) is 0 Å². The number of rotatable bonds is 9. The van der Waals surface area contributed by atoms with Crippen LogP contribution in [0.25, 0.3) is 11.4 Å². The first-order valence-electron chi connectivity index (χ1n) is 10.1. The van der Waals surface area contributed by atoms with Gasteiger partial charge >= 0.3 is 0 Å². The number of hydrogen-bond donors (Lipinski definition) is 1. The SMILES string of the molecule is COc1ccc(-c2noc(CN3CCC(CCNC(C)=O)CC3)n2)c(OC)c1OC. The highest BCUT2D eigenvalue weighted by molar-refractivity contribution is 5.72. The lowest BCUT2D eigenvalue weighted by Crippen LogP contribution is -2.34. The van der Waals surface area contributed by atoms with Crippen molar-refractivity contribution in [2.75, 3.05) is 41.0 Å². The van der Waals surface area contributed by atoms with E-state index in [2.05, 4.69) is 20.4 Å². The monoisotopic (exact) mass is 418 g/mol. The van der Waals surface area contributed by atoms with Crippen molar-refractivity contribution in [2.24, 2.45) is 5.92 Å². The molecule has 0 bridgehead atoms. The highest BCUT2D eigenvalue weighted by Crippen LogP contribution is 2.43. The Morgan fingerprint density at radius 3 is 2.53 bits per heavy atom. The molecule has 0 saturated carbocycles. The molecular formula is C21H30N4O5. The van der Waals surface area contributed by atoms with Crippen LogP contribution in [-0.2, 0) is 11.3 Å². The normalized spacial score (nSPS) is 15.1. The molecule has 164 valence electrons. The van der Waals surface area contributed by atoms with Crippen molar-refractivity contribution in [3.63, 3.8) is 0 Å². The molecule has 1 amide bonds. The fraction of sp³-hybridized carbons (Fsp3) is 0.571. The summed E-state index contributed by atoms with van der Waals surface area (Å²) in [5, 5.41) is 7.01. The van der Waals surface area contributed by atoms with Gasteiger partial charge in [0.15, 0.2) is 11.5 Å². The number of carbonyl (C=O) groups excluding carboxylic acids is 1. The van der Waals surface area contributed by atoms with Crippen LogP contribution in [0, 0.1) is 5.92 Å². The third kappa shape index (κ3) is 5.21. The molecule has 1 aliphatic rings. The Bertz CT molecular complexity index is 846. The van der Waals surface area contributed by atoms with Crippen molar-refractivity contribution >= 4 is 5.91 Å². The molecule has 30 heavy (non-hydrogen) atoms. The molecule has 0 unspecified atom stereocenters. The molecule has 1 aromatic heterocycles. The zero-order chi connectivity index (χ0) is 21.5. The third-order valence-corrected chi connectivity index (χ3v) is 5.41. The quantitative estimate of drug-likeness (QED) is 0.663. The second-order valence-corrected chi connectivity index (χ2v) is 7.38. The maximum Gasteiger partial charge on any atom is 0.241 e. The van der Waals surface area contributed by atoms with Gasteiger partial charge in [-0.15, -0.1) is 0 Å². The van der Waals surface area contributed by atoms with E-state index in [9.17, 15) is 4.79 Å². The van der Waals surface area contributed by atoms with Crippen molar-refractivity contribution in [1.82, 2.24) is 20.4 Å². The number of aromatic nitrogens is 2. The van der Waals surface area contributed by atoms with E-state index in [0.29, 0.717) is 47.0 Å². The second kappa shape index (κ2) is 10.3. The van der Waals surface area contributed by atoms with E-state index in [1.54, 1.807) is 34.3 Å². The van der Waals surface area contributed by atoms with Gasteiger partial charge in [-0.1, -0.05) is 5.16 Å². The Hall–Kier alpha value is -2.81. The van der Waals surface area contributed by atoms with Crippen molar-refractivity contribution in [1.29, 1.82) is 0 Å². The van der Waals surface area contributed by atoms with Crippen molar-refractivity contribution in [2.45, 2.75) is 32.7 Å². The van der Waals surface area contributed by atoms with Crippen LogP contribution in [0.4, 0.5) is 0 Å². The van der Waals surface area contributed by atoms with Crippen LogP contribution in [0.2, 0.25) is 0 Å². The zero-order valence-corrected chi connectivity index (χ0v) is 18.1. The Morgan fingerprint density at radius 2 is 1.90 bits per heavy atom. The van der Waals surface area contributed by atoms with E-state index in [-0.39, 0.29) is 5.91 Å². The van der Waals surface area contributed by atoms with Crippen molar-refractivity contribution in [3.8, 4) is 28.6 Å². The molecule has 0 atom stereocenters. The largest absolute Gasteiger partial charge is 0.493 e. The summed E-state index contributed by atoms with van der Waals surface area (Å²) in [4.78, 5) is 17.9. The van der Waals surface area contributed by atoms with E-state index in [4.69, 9.17) is 18.7 Å². The van der Waals surface area contributed by atoms with Crippen molar-refractivity contribution in [3.05, 3.63) is 18.0 Å². The predicted molar refractivity (Wildman–Crippen MR) is 111 cm³/mol. The first-order chi connectivity index (χ1) is 14.5. The van der Waals surface area contributed by atoms with Gasteiger partial charge in [0.1, 0.15) is 0 Å². The molecule has 0 aliphatic carbocycles. The number of hydrogen-bond acceptors (Lipinski definition) is 8. The minimum absolute atomic E-state index is 0.0331. The lowest BCUT2D eigenvalue weighted by atomic mass is 9.93. The summed E-state index contributed by atoms with van der Waals surface area (Å²) in [6.45, 7) is 4.87. The lowest BCUT2D eigenvalue weighted by Gasteiger charge is -2.30. The van der Waals surface area contributed by atoms with Gasteiger partial charge in [0, 0.05) is 13.5 Å². The van der Waals surface area contributed by atoms with Gasteiger partial charge in [-0.3, -0.25) is 9.69 Å².